The third-order valence-corrected chi connectivity index (χ3v) is 7.65. The van der Waals surface area contributed by atoms with Crippen molar-refractivity contribution in [2.75, 3.05) is 22.9 Å². The summed E-state index contributed by atoms with van der Waals surface area (Å²) in [7, 11) is 0. The Hall–Kier alpha value is -3.56. The molecule has 2 aliphatic rings. The predicted molar refractivity (Wildman–Crippen MR) is 135 cm³/mol. The molecular formula is C24H21N5O2S2. The zero-order valence-corrected chi connectivity index (χ0v) is 19.2. The second-order valence-electron chi connectivity index (χ2n) is 7.63. The number of urea groups is 1. The zero-order chi connectivity index (χ0) is 22.8. The number of nitrogens with one attached hydrogen (secondary N) is 2. The lowest BCUT2D eigenvalue weighted by atomic mass is 10.1. The number of nitrogens with zero attached hydrogens (tertiary/aromatic N) is 2. The van der Waals surface area contributed by atoms with E-state index in [1.165, 1.54) is 11.8 Å². The van der Waals surface area contributed by atoms with Gasteiger partial charge in [-0.05, 0) is 59.3 Å². The summed E-state index contributed by atoms with van der Waals surface area (Å²) in [5.74, 6) is -0.198. The Morgan fingerprint density at radius 1 is 1.15 bits per heavy atom. The number of rotatable bonds is 4. The van der Waals surface area contributed by atoms with E-state index in [2.05, 4.69) is 15.6 Å². The van der Waals surface area contributed by atoms with Gasteiger partial charge < -0.3 is 21.3 Å². The molecule has 7 nitrogen and oxygen atoms in total. The van der Waals surface area contributed by atoms with Crippen LogP contribution in [0.25, 0.3) is 10.4 Å². The van der Waals surface area contributed by atoms with Gasteiger partial charge in [0.25, 0.3) is 5.91 Å². The van der Waals surface area contributed by atoms with Gasteiger partial charge in [-0.1, -0.05) is 12.1 Å². The highest BCUT2D eigenvalue weighted by atomic mass is 32.2. The first-order valence-corrected chi connectivity index (χ1v) is 12.2. The molecule has 0 fully saturated rings. The quantitative estimate of drug-likeness (QED) is 0.453. The fraction of sp³-hybridized carbons (Fsp3) is 0.125. The van der Waals surface area contributed by atoms with Crippen LogP contribution in [0.15, 0.2) is 83.0 Å². The van der Waals surface area contributed by atoms with E-state index in [-0.39, 0.29) is 17.2 Å². The molecule has 0 aliphatic carbocycles. The minimum Gasteiger partial charge on any atom is -0.397 e. The highest BCUT2D eigenvalue weighted by Crippen LogP contribution is 2.41. The number of thiophene rings is 1. The van der Waals surface area contributed by atoms with E-state index in [0.717, 1.165) is 22.4 Å². The van der Waals surface area contributed by atoms with Crippen LogP contribution in [0, 0.1) is 0 Å². The summed E-state index contributed by atoms with van der Waals surface area (Å²) in [6, 6.07) is 13.0. The number of allylic oxidation sites excluding steroid dienone is 1. The van der Waals surface area contributed by atoms with Crippen LogP contribution in [0.3, 0.4) is 0 Å². The van der Waals surface area contributed by atoms with Gasteiger partial charge in [0, 0.05) is 29.1 Å². The number of hydrogen-bond donors (Lipinski definition) is 3. The molecule has 1 atom stereocenters. The van der Waals surface area contributed by atoms with Crippen molar-refractivity contribution in [3.63, 3.8) is 0 Å². The van der Waals surface area contributed by atoms with Crippen LogP contribution in [0.2, 0.25) is 0 Å². The van der Waals surface area contributed by atoms with Gasteiger partial charge in [-0.3, -0.25) is 9.78 Å². The van der Waals surface area contributed by atoms with E-state index in [1.54, 1.807) is 40.8 Å². The van der Waals surface area contributed by atoms with E-state index in [9.17, 15) is 9.59 Å². The molecule has 1 aromatic carbocycles. The standard InChI is InChI=1S/C24H21N5O2S2/c25-18-6-5-15(20-4-2-10-32-20)11-19(18)28-23(30)22-12-16-14-29(9-7-21(16)33-22)24(31)27-17-3-1-8-26-13-17/h1-6,8,10-14,21H,7,9,25H2,(H,27,31)(H,28,30). The number of amides is 3. The third-order valence-electron chi connectivity index (χ3n) is 5.38. The lowest BCUT2D eigenvalue weighted by Gasteiger charge is -2.27. The Bertz CT molecular complexity index is 1260. The maximum absolute atomic E-state index is 13.0. The number of carbonyl (C=O) groups is 2. The molecule has 0 bridgehead atoms. The predicted octanol–water partition coefficient (Wildman–Crippen LogP) is 5.15. The summed E-state index contributed by atoms with van der Waals surface area (Å²) < 4.78 is 0. The Morgan fingerprint density at radius 3 is 2.85 bits per heavy atom. The van der Waals surface area contributed by atoms with Gasteiger partial charge in [0.2, 0.25) is 0 Å². The molecule has 0 saturated heterocycles. The largest absolute Gasteiger partial charge is 0.397 e. The SMILES string of the molecule is Nc1ccc(-c2cccs2)cc1NC(=O)C1=CC2=CN(C(=O)Nc3cccnc3)CCC2S1. The van der Waals surface area contributed by atoms with Gasteiger partial charge in [-0.25, -0.2) is 4.79 Å². The molecule has 3 amide bonds. The van der Waals surface area contributed by atoms with Crippen LogP contribution in [0.1, 0.15) is 6.42 Å². The normalized spacial score (nSPS) is 17.1. The Balaban J connectivity index is 1.29. The minimum absolute atomic E-state index is 0.156. The number of fused-ring (bicyclic) bond motifs is 1. The van der Waals surface area contributed by atoms with Crippen LogP contribution >= 0.6 is 23.1 Å². The number of hydrogen-bond acceptors (Lipinski definition) is 6. The Labute approximate surface area is 199 Å². The highest BCUT2D eigenvalue weighted by molar-refractivity contribution is 8.05. The molecule has 0 spiro atoms. The van der Waals surface area contributed by atoms with Crippen molar-refractivity contribution in [3.05, 3.63) is 83.0 Å². The fourth-order valence-corrected chi connectivity index (χ4v) is 5.58. The van der Waals surface area contributed by atoms with E-state index in [0.29, 0.717) is 28.5 Å². The van der Waals surface area contributed by atoms with Crippen molar-refractivity contribution < 1.29 is 9.59 Å². The average molecular weight is 476 g/mol. The van der Waals surface area contributed by atoms with Gasteiger partial charge >= 0.3 is 6.03 Å². The number of benzene rings is 1. The molecule has 0 saturated carbocycles. The zero-order valence-electron chi connectivity index (χ0n) is 17.5. The monoisotopic (exact) mass is 475 g/mol. The van der Waals surface area contributed by atoms with Crippen LogP contribution in [0.4, 0.5) is 21.9 Å². The number of pyridine rings is 1. The summed E-state index contributed by atoms with van der Waals surface area (Å²) in [6.07, 6.45) is 7.69. The van der Waals surface area contributed by atoms with Crippen molar-refractivity contribution >= 4 is 52.1 Å². The Kier molecular flexibility index (Phi) is 5.89. The van der Waals surface area contributed by atoms with Crippen molar-refractivity contribution in [1.29, 1.82) is 0 Å². The van der Waals surface area contributed by atoms with E-state index in [4.69, 9.17) is 5.73 Å². The summed E-state index contributed by atoms with van der Waals surface area (Å²) in [4.78, 5) is 33.0. The smallest absolute Gasteiger partial charge is 0.325 e. The van der Waals surface area contributed by atoms with Crippen molar-refractivity contribution in [2.45, 2.75) is 11.7 Å². The molecule has 0 radical (unpaired) electrons. The lowest BCUT2D eigenvalue weighted by Crippen LogP contribution is -2.35. The summed E-state index contributed by atoms with van der Waals surface area (Å²) in [6.45, 7) is 0.575. The second-order valence-corrected chi connectivity index (χ2v) is 9.82. The average Bonchev–Trinajstić information content (AvgIpc) is 3.51. The van der Waals surface area contributed by atoms with Crippen molar-refractivity contribution in [1.82, 2.24) is 9.88 Å². The second kappa shape index (κ2) is 9.13. The first-order chi connectivity index (χ1) is 16.1. The molecule has 166 valence electrons. The lowest BCUT2D eigenvalue weighted by molar-refractivity contribution is -0.112. The number of nitrogen functional groups attached to an aromatic ring is 1. The maximum Gasteiger partial charge on any atom is 0.325 e. The maximum atomic E-state index is 13.0. The molecule has 2 aliphatic heterocycles. The molecule has 33 heavy (non-hydrogen) atoms. The fourth-order valence-electron chi connectivity index (χ4n) is 3.70. The van der Waals surface area contributed by atoms with Gasteiger partial charge in [0.1, 0.15) is 0 Å². The number of carbonyl (C=O) groups excluding carboxylic acids is 2. The van der Waals surface area contributed by atoms with Crippen molar-refractivity contribution in [3.8, 4) is 10.4 Å². The molecule has 1 unspecified atom stereocenters. The van der Waals surface area contributed by atoms with Crippen LogP contribution in [0.5, 0.6) is 0 Å². The van der Waals surface area contributed by atoms with Crippen LogP contribution in [-0.2, 0) is 4.79 Å². The highest BCUT2D eigenvalue weighted by Gasteiger charge is 2.32. The van der Waals surface area contributed by atoms with Crippen LogP contribution in [-0.4, -0.2) is 33.6 Å². The topological polar surface area (TPSA) is 100 Å². The van der Waals surface area contributed by atoms with Gasteiger partial charge in [-0.2, -0.15) is 0 Å². The molecule has 5 rings (SSSR count). The number of aromatic nitrogens is 1. The molecule has 4 N–H and O–H groups in total. The number of nitrogens with two attached hydrogens (primary N) is 1. The Morgan fingerprint density at radius 2 is 2.06 bits per heavy atom. The summed E-state index contributed by atoms with van der Waals surface area (Å²) in [5, 5.41) is 7.97. The number of thioether (sulfide) groups is 1. The third kappa shape index (κ3) is 4.64. The van der Waals surface area contributed by atoms with Gasteiger partial charge in [0.05, 0.1) is 28.2 Å². The van der Waals surface area contributed by atoms with Gasteiger partial charge in [-0.15, -0.1) is 23.1 Å². The minimum atomic E-state index is -0.219. The number of anilines is 3. The van der Waals surface area contributed by atoms with E-state index < -0.39 is 0 Å². The van der Waals surface area contributed by atoms with Crippen LogP contribution < -0.4 is 16.4 Å². The molecule has 9 heteroatoms. The summed E-state index contributed by atoms with van der Waals surface area (Å²) in [5.41, 5.74) is 9.83. The van der Waals surface area contributed by atoms with E-state index >= 15 is 0 Å². The van der Waals surface area contributed by atoms with E-state index in [1.807, 2.05) is 48.0 Å². The first-order valence-electron chi connectivity index (χ1n) is 10.4. The van der Waals surface area contributed by atoms with Crippen molar-refractivity contribution in [2.24, 2.45) is 0 Å². The summed E-state index contributed by atoms with van der Waals surface area (Å²) >= 11 is 3.15. The molecule has 4 heterocycles. The molecular weight excluding hydrogens is 454 g/mol. The molecule has 3 aromatic rings. The van der Waals surface area contributed by atoms with Gasteiger partial charge in [0.15, 0.2) is 0 Å². The molecule has 2 aromatic heterocycles. The first kappa shape index (κ1) is 21.3.